The first-order valence-electron chi connectivity index (χ1n) is 12.5. The number of halogens is 2. The number of fused-ring (bicyclic) bond motifs is 4. The molecule has 0 saturated carbocycles. The van der Waals surface area contributed by atoms with Crippen molar-refractivity contribution in [2.24, 2.45) is 5.92 Å². The second-order valence-electron chi connectivity index (χ2n) is 9.94. The van der Waals surface area contributed by atoms with Gasteiger partial charge in [-0.25, -0.2) is 14.5 Å². The van der Waals surface area contributed by atoms with Crippen molar-refractivity contribution < 1.29 is 0 Å². The lowest BCUT2D eigenvalue weighted by atomic mass is 10.0. The summed E-state index contributed by atoms with van der Waals surface area (Å²) < 4.78 is 3.13. The molecule has 1 N–H and O–H groups in total. The Morgan fingerprint density at radius 1 is 1.03 bits per heavy atom. The number of nitrogens with zero attached hydrogens (tertiary/aromatic N) is 7. The van der Waals surface area contributed by atoms with Crippen molar-refractivity contribution in [3.8, 4) is 5.69 Å². The minimum absolute atomic E-state index is 0.317. The highest BCUT2D eigenvalue weighted by atomic mass is 35.5. The molecule has 192 valence electrons. The number of nitrogens with one attached hydrogen (secondary N) is 1. The molecule has 38 heavy (non-hydrogen) atoms. The Hall–Kier alpha value is -3.66. The third-order valence-electron chi connectivity index (χ3n) is 7.60. The summed E-state index contributed by atoms with van der Waals surface area (Å²) in [6.45, 7) is 3.39. The van der Waals surface area contributed by atoms with Crippen molar-refractivity contribution in [1.82, 2.24) is 28.8 Å². The standard InChI is InChI=1S/C27H24Cl2N8O/c1-34-14-16-9-11-35(22(16)15-34)18-7-5-17(6-8-18)32-26-31-13-19-24(33-26)36-12-10-30-27(36)37(25(19)38)23-20(28)3-2-4-21(23)29/h2-8,10,12-13,16,22H,9,11,14-15H2,1H3,(H,31,32,33)/t16-,22+/m1/s1. The fourth-order valence-corrected chi connectivity index (χ4v) is 6.43. The maximum atomic E-state index is 13.6. The fraction of sp³-hybridized carbons (Fsp3) is 0.259. The molecule has 9 nitrogen and oxygen atoms in total. The van der Waals surface area contributed by atoms with Gasteiger partial charge in [-0.15, -0.1) is 0 Å². The van der Waals surface area contributed by atoms with E-state index in [4.69, 9.17) is 23.2 Å². The van der Waals surface area contributed by atoms with Crippen LogP contribution in [0.25, 0.3) is 22.5 Å². The lowest BCUT2D eigenvalue weighted by Crippen LogP contribution is -2.34. The maximum Gasteiger partial charge on any atom is 0.270 e. The van der Waals surface area contributed by atoms with E-state index in [-0.39, 0.29) is 5.56 Å². The number of hydrogen-bond acceptors (Lipinski definition) is 7. The zero-order valence-corrected chi connectivity index (χ0v) is 22.1. The zero-order valence-electron chi connectivity index (χ0n) is 20.6. The van der Waals surface area contributed by atoms with Crippen molar-refractivity contribution in [2.45, 2.75) is 12.5 Å². The molecule has 11 heteroatoms. The van der Waals surface area contributed by atoms with Crippen molar-refractivity contribution in [1.29, 1.82) is 0 Å². The van der Waals surface area contributed by atoms with E-state index in [1.54, 1.807) is 35.0 Å². The molecule has 0 bridgehead atoms. The molecule has 0 unspecified atom stereocenters. The molecular weight excluding hydrogens is 523 g/mol. The molecular formula is C27H24Cl2N8O. The lowest BCUT2D eigenvalue weighted by Gasteiger charge is -2.26. The van der Waals surface area contributed by atoms with Gasteiger partial charge in [0.25, 0.3) is 5.56 Å². The lowest BCUT2D eigenvalue weighted by molar-refractivity contribution is 0.386. The molecule has 0 amide bonds. The first-order valence-corrected chi connectivity index (χ1v) is 13.2. The summed E-state index contributed by atoms with van der Waals surface area (Å²) in [5.41, 5.74) is 2.55. The zero-order chi connectivity index (χ0) is 26.0. The normalized spacial score (nSPS) is 19.5. The van der Waals surface area contributed by atoms with Crippen LogP contribution in [-0.4, -0.2) is 61.5 Å². The van der Waals surface area contributed by atoms with E-state index in [2.05, 4.69) is 49.2 Å². The summed E-state index contributed by atoms with van der Waals surface area (Å²) in [6.07, 6.45) is 6.11. The van der Waals surface area contributed by atoms with Crippen LogP contribution in [0.5, 0.6) is 0 Å². The van der Waals surface area contributed by atoms with Gasteiger partial charge in [-0.1, -0.05) is 29.3 Å². The van der Waals surface area contributed by atoms with Gasteiger partial charge >= 0.3 is 0 Å². The number of imidazole rings is 1. The number of anilines is 3. The predicted octanol–water partition coefficient (Wildman–Crippen LogP) is 4.62. The highest BCUT2D eigenvalue weighted by Crippen LogP contribution is 2.35. The van der Waals surface area contributed by atoms with E-state index in [0.717, 1.165) is 24.7 Å². The molecule has 0 radical (unpaired) electrons. The van der Waals surface area contributed by atoms with Crippen LogP contribution in [0.2, 0.25) is 10.0 Å². The summed E-state index contributed by atoms with van der Waals surface area (Å²) in [6, 6.07) is 14.0. The van der Waals surface area contributed by atoms with Gasteiger partial charge in [-0.3, -0.25) is 9.20 Å². The molecule has 2 fully saturated rings. The summed E-state index contributed by atoms with van der Waals surface area (Å²) >= 11 is 12.9. The Balaban J connectivity index is 1.23. The Labute approximate surface area is 228 Å². The van der Waals surface area contributed by atoms with Gasteiger partial charge in [0.05, 0.1) is 15.7 Å². The molecule has 2 aromatic carbocycles. The van der Waals surface area contributed by atoms with Crippen LogP contribution in [0, 0.1) is 5.92 Å². The van der Waals surface area contributed by atoms with Gasteiger partial charge in [-0.05, 0) is 55.8 Å². The fourth-order valence-electron chi connectivity index (χ4n) is 5.87. The molecule has 2 atom stereocenters. The largest absolute Gasteiger partial charge is 0.367 e. The van der Waals surface area contributed by atoms with Gasteiger partial charge in [0.15, 0.2) is 5.65 Å². The van der Waals surface area contributed by atoms with E-state index in [0.29, 0.717) is 44.5 Å². The monoisotopic (exact) mass is 546 g/mol. The van der Waals surface area contributed by atoms with Gasteiger partial charge in [0.2, 0.25) is 11.7 Å². The predicted molar refractivity (Wildman–Crippen MR) is 150 cm³/mol. The number of hydrogen-bond donors (Lipinski definition) is 1. The summed E-state index contributed by atoms with van der Waals surface area (Å²) in [5.74, 6) is 1.49. The Kier molecular flexibility index (Phi) is 5.54. The Morgan fingerprint density at radius 2 is 1.82 bits per heavy atom. The summed E-state index contributed by atoms with van der Waals surface area (Å²) in [4.78, 5) is 32.0. The summed E-state index contributed by atoms with van der Waals surface area (Å²) in [7, 11) is 2.20. The van der Waals surface area contributed by atoms with E-state index < -0.39 is 0 Å². The molecule has 2 aliphatic rings. The average molecular weight is 547 g/mol. The number of rotatable bonds is 4. The highest BCUT2D eigenvalue weighted by Gasteiger charge is 2.39. The van der Waals surface area contributed by atoms with Crippen LogP contribution in [0.4, 0.5) is 17.3 Å². The number of likely N-dealkylation sites (N-methyl/N-ethyl adjacent to an activating group) is 1. The molecule has 5 heterocycles. The first-order chi connectivity index (χ1) is 18.5. The molecule has 0 aliphatic carbocycles. The van der Waals surface area contributed by atoms with Gasteiger partial charge < -0.3 is 15.1 Å². The smallest absolute Gasteiger partial charge is 0.270 e. The molecule has 2 saturated heterocycles. The second-order valence-corrected chi connectivity index (χ2v) is 10.8. The molecule has 3 aromatic heterocycles. The van der Waals surface area contributed by atoms with Crippen LogP contribution in [-0.2, 0) is 0 Å². The topological polar surface area (TPSA) is 83.6 Å². The average Bonchev–Trinajstić information content (AvgIpc) is 3.62. The summed E-state index contributed by atoms with van der Waals surface area (Å²) in [5, 5.41) is 4.28. The van der Waals surface area contributed by atoms with Gasteiger partial charge in [-0.2, -0.15) is 4.98 Å². The first kappa shape index (κ1) is 23.5. The second kappa shape index (κ2) is 8.97. The SMILES string of the molecule is CN1C[C@H]2CCN(c3ccc(Nc4ncc5c(=O)n(-c6c(Cl)cccc6Cl)c6nccn6c5n4)cc3)[C@H]2C1. The van der Waals surface area contributed by atoms with E-state index >= 15 is 0 Å². The van der Waals surface area contributed by atoms with E-state index in [1.807, 2.05) is 12.1 Å². The molecule has 0 spiro atoms. The minimum atomic E-state index is -0.355. The van der Waals surface area contributed by atoms with Crippen molar-refractivity contribution in [3.63, 3.8) is 0 Å². The van der Waals surface area contributed by atoms with Crippen LogP contribution < -0.4 is 15.8 Å². The molecule has 7 rings (SSSR count). The Morgan fingerprint density at radius 3 is 2.61 bits per heavy atom. The molecule has 2 aliphatic heterocycles. The van der Waals surface area contributed by atoms with Crippen LogP contribution in [0.15, 0.2) is 65.8 Å². The van der Waals surface area contributed by atoms with Crippen molar-refractivity contribution in [3.05, 3.63) is 81.5 Å². The Bertz CT molecular complexity index is 1730. The van der Waals surface area contributed by atoms with Crippen LogP contribution >= 0.6 is 23.2 Å². The van der Waals surface area contributed by atoms with E-state index in [9.17, 15) is 4.79 Å². The quantitative estimate of drug-likeness (QED) is 0.352. The van der Waals surface area contributed by atoms with Crippen molar-refractivity contribution in [2.75, 3.05) is 36.9 Å². The highest BCUT2D eigenvalue weighted by molar-refractivity contribution is 6.37. The van der Waals surface area contributed by atoms with Crippen LogP contribution in [0.3, 0.4) is 0 Å². The number of para-hydroxylation sites is 1. The number of benzene rings is 2. The maximum absolute atomic E-state index is 13.6. The molecule has 5 aromatic rings. The third kappa shape index (κ3) is 3.73. The minimum Gasteiger partial charge on any atom is -0.367 e. The van der Waals surface area contributed by atoms with Gasteiger partial charge in [0, 0.05) is 55.6 Å². The van der Waals surface area contributed by atoms with E-state index in [1.165, 1.54) is 29.4 Å². The number of aromatic nitrogens is 5. The number of likely N-dealkylation sites (tertiary alicyclic amines) is 1. The van der Waals surface area contributed by atoms with Crippen LogP contribution in [0.1, 0.15) is 6.42 Å². The van der Waals surface area contributed by atoms with Crippen molar-refractivity contribution >= 4 is 57.3 Å². The van der Waals surface area contributed by atoms with Gasteiger partial charge in [0.1, 0.15) is 5.39 Å². The third-order valence-corrected chi connectivity index (χ3v) is 8.21.